The lowest BCUT2D eigenvalue weighted by atomic mass is 10.1. The van der Waals surface area contributed by atoms with E-state index in [1.807, 2.05) is 19.3 Å². The SMILES string of the molecule is COc1cc(O)cc(Nc2ncc(F)c(-n3cc(C)c(CN4CCC(O)CC4)c3)n2)c1. The Balaban J connectivity index is 1.55. The third kappa shape index (κ3) is 4.95. The van der Waals surface area contributed by atoms with Gasteiger partial charge in [-0.2, -0.15) is 4.98 Å². The van der Waals surface area contributed by atoms with Crippen molar-refractivity contribution in [3.05, 3.63) is 53.7 Å². The topological polar surface area (TPSA) is 95.7 Å². The molecule has 3 heterocycles. The molecule has 3 N–H and O–H groups in total. The Kier molecular flexibility index (Phi) is 6.06. The molecule has 1 fully saturated rings. The molecule has 0 saturated carbocycles. The molecule has 0 atom stereocenters. The van der Waals surface area contributed by atoms with Gasteiger partial charge in [0.15, 0.2) is 11.6 Å². The highest BCUT2D eigenvalue weighted by Gasteiger charge is 2.19. The molecule has 0 aliphatic carbocycles. The van der Waals surface area contributed by atoms with Crippen molar-refractivity contribution >= 4 is 11.6 Å². The van der Waals surface area contributed by atoms with Crippen LogP contribution in [-0.2, 0) is 6.54 Å². The van der Waals surface area contributed by atoms with Crippen LogP contribution in [0.5, 0.6) is 11.5 Å². The predicted molar refractivity (Wildman–Crippen MR) is 115 cm³/mol. The summed E-state index contributed by atoms with van der Waals surface area (Å²) in [7, 11) is 1.50. The molecule has 1 aromatic carbocycles. The molecule has 31 heavy (non-hydrogen) atoms. The molecule has 8 nitrogen and oxygen atoms in total. The molecule has 0 amide bonds. The first-order valence-corrected chi connectivity index (χ1v) is 10.2. The zero-order chi connectivity index (χ0) is 22.0. The first-order valence-electron chi connectivity index (χ1n) is 10.2. The predicted octanol–water partition coefficient (Wildman–Crippen LogP) is 3.13. The number of nitrogens with zero attached hydrogens (tertiary/aromatic N) is 4. The average molecular weight is 427 g/mol. The van der Waals surface area contributed by atoms with E-state index in [-0.39, 0.29) is 23.6 Å². The molecule has 4 rings (SSSR count). The number of halogens is 1. The summed E-state index contributed by atoms with van der Waals surface area (Å²) >= 11 is 0. The van der Waals surface area contributed by atoms with Crippen molar-refractivity contribution in [3.63, 3.8) is 0 Å². The van der Waals surface area contributed by atoms with Gasteiger partial charge in [-0.15, -0.1) is 0 Å². The lowest BCUT2D eigenvalue weighted by Crippen LogP contribution is -2.35. The number of anilines is 2. The molecule has 3 aromatic rings. The first-order chi connectivity index (χ1) is 14.9. The number of hydrogen-bond donors (Lipinski definition) is 3. The van der Waals surface area contributed by atoms with Crippen LogP contribution in [0.3, 0.4) is 0 Å². The number of aryl methyl sites for hydroxylation is 1. The van der Waals surface area contributed by atoms with E-state index in [1.54, 1.807) is 10.6 Å². The Labute approximate surface area is 179 Å². The van der Waals surface area contributed by atoms with Gasteiger partial charge in [-0.1, -0.05) is 0 Å². The number of aromatic hydroxyl groups is 1. The maximum atomic E-state index is 14.5. The molecule has 0 radical (unpaired) electrons. The fraction of sp³-hybridized carbons (Fsp3) is 0.364. The number of rotatable bonds is 6. The molecule has 1 saturated heterocycles. The number of likely N-dealkylation sites (tertiary alicyclic amines) is 1. The molecule has 0 unspecified atom stereocenters. The van der Waals surface area contributed by atoms with E-state index in [4.69, 9.17) is 4.74 Å². The molecule has 0 spiro atoms. The summed E-state index contributed by atoms with van der Waals surface area (Å²) in [6, 6.07) is 4.66. The Hall–Kier alpha value is -3.17. The zero-order valence-corrected chi connectivity index (χ0v) is 17.5. The van der Waals surface area contributed by atoms with Crippen molar-refractivity contribution in [1.82, 2.24) is 19.4 Å². The number of ether oxygens (including phenoxy) is 1. The fourth-order valence-corrected chi connectivity index (χ4v) is 3.71. The summed E-state index contributed by atoms with van der Waals surface area (Å²) in [4.78, 5) is 10.6. The minimum atomic E-state index is -0.540. The normalized spacial score (nSPS) is 15.2. The van der Waals surface area contributed by atoms with Gasteiger partial charge in [-0.05, 0) is 30.9 Å². The van der Waals surface area contributed by atoms with Crippen LogP contribution in [0.4, 0.5) is 16.0 Å². The van der Waals surface area contributed by atoms with Crippen molar-refractivity contribution in [3.8, 4) is 17.3 Å². The van der Waals surface area contributed by atoms with Crippen molar-refractivity contribution in [1.29, 1.82) is 0 Å². The van der Waals surface area contributed by atoms with Crippen LogP contribution >= 0.6 is 0 Å². The average Bonchev–Trinajstić information content (AvgIpc) is 3.10. The number of phenolic OH excluding ortho intramolecular Hbond substituents is 1. The van der Waals surface area contributed by atoms with Crippen molar-refractivity contribution < 1.29 is 19.3 Å². The quantitative estimate of drug-likeness (QED) is 0.556. The second-order valence-corrected chi connectivity index (χ2v) is 7.79. The van der Waals surface area contributed by atoms with Crippen molar-refractivity contribution in [2.75, 3.05) is 25.5 Å². The van der Waals surface area contributed by atoms with Gasteiger partial charge in [0.2, 0.25) is 5.95 Å². The van der Waals surface area contributed by atoms with Gasteiger partial charge in [0.25, 0.3) is 0 Å². The maximum Gasteiger partial charge on any atom is 0.229 e. The number of aromatic nitrogens is 3. The molecule has 9 heteroatoms. The Bertz CT molecular complexity index is 1060. The van der Waals surface area contributed by atoms with Crippen LogP contribution in [0.1, 0.15) is 24.0 Å². The number of benzene rings is 1. The van der Waals surface area contributed by atoms with Crippen LogP contribution in [0.2, 0.25) is 0 Å². The zero-order valence-electron chi connectivity index (χ0n) is 17.5. The maximum absolute atomic E-state index is 14.5. The third-order valence-electron chi connectivity index (χ3n) is 5.44. The second kappa shape index (κ2) is 8.91. The van der Waals surface area contributed by atoms with E-state index in [2.05, 4.69) is 20.2 Å². The van der Waals surface area contributed by atoms with Gasteiger partial charge >= 0.3 is 0 Å². The summed E-state index contributed by atoms with van der Waals surface area (Å²) < 4.78 is 21.4. The van der Waals surface area contributed by atoms with E-state index in [0.717, 1.165) is 49.8 Å². The number of aliphatic hydroxyl groups excluding tert-OH is 1. The molecule has 164 valence electrons. The third-order valence-corrected chi connectivity index (χ3v) is 5.44. The lowest BCUT2D eigenvalue weighted by molar-refractivity contribution is 0.0792. The highest BCUT2D eigenvalue weighted by Crippen LogP contribution is 2.27. The van der Waals surface area contributed by atoms with E-state index in [0.29, 0.717) is 11.4 Å². The van der Waals surface area contributed by atoms with Crippen LogP contribution in [0.15, 0.2) is 36.8 Å². The van der Waals surface area contributed by atoms with Crippen LogP contribution < -0.4 is 10.1 Å². The molecular formula is C22H26FN5O3. The lowest BCUT2D eigenvalue weighted by Gasteiger charge is -2.29. The largest absolute Gasteiger partial charge is 0.508 e. The van der Waals surface area contributed by atoms with Gasteiger partial charge in [-0.3, -0.25) is 4.90 Å². The summed E-state index contributed by atoms with van der Waals surface area (Å²) in [5.74, 6) is 0.289. The van der Waals surface area contributed by atoms with Gasteiger partial charge in [-0.25, -0.2) is 9.37 Å². The number of nitrogens with one attached hydrogen (secondary N) is 1. The Morgan fingerprint density at radius 1 is 1.23 bits per heavy atom. The minimum absolute atomic E-state index is 0.0279. The molecule has 0 bridgehead atoms. The van der Waals surface area contributed by atoms with Gasteiger partial charge < -0.3 is 24.8 Å². The Morgan fingerprint density at radius 2 is 2.00 bits per heavy atom. The molecule has 1 aliphatic heterocycles. The van der Waals surface area contributed by atoms with E-state index in [9.17, 15) is 14.6 Å². The summed E-state index contributed by atoms with van der Waals surface area (Å²) in [5, 5.41) is 22.5. The fourth-order valence-electron chi connectivity index (χ4n) is 3.71. The Morgan fingerprint density at radius 3 is 2.74 bits per heavy atom. The number of phenols is 1. The number of hydrogen-bond acceptors (Lipinski definition) is 7. The van der Waals surface area contributed by atoms with Crippen LogP contribution in [0.25, 0.3) is 5.82 Å². The summed E-state index contributed by atoms with van der Waals surface area (Å²) in [5.41, 5.74) is 2.64. The molecular weight excluding hydrogens is 401 g/mol. The van der Waals surface area contributed by atoms with Crippen LogP contribution in [-0.4, -0.2) is 56.0 Å². The van der Waals surface area contributed by atoms with E-state index < -0.39 is 5.82 Å². The second-order valence-electron chi connectivity index (χ2n) is 7.79. The van der Waals surface area contributed by atoms with Crippen LogP contribution in [0, 0.1) is 12.7 Å². The van der Waals surface area contributed by atoms with Crippen molar-refractivity contribution in [2.24, 2.45) is 0 Å². The van der Waals surface area contributed by atoms with E-state index in [1.165, 1.54) is 19.2 Å². The van der Waals surface area contributed by atoms with Crippen molar-refractivity contribution in [2.45, 2.75) is 32.4 Å². The monoisotopic (exact) mass is 427 g/mol. The van der Waals surface area contributed by atoms with E-state index >= 15 is 0 Å². The smallest absolute Gasteiger partial charge is 0.229 e. The minimum Gasteiger partial charge on any atom is -0.508 e. The molecule has 2 aromatic heterocycles. The van der Waals surface area contributed by atoms with Gasteiger partial charge in [0.1, 0.15) is 11.5 Å². The summed E-state index contributed by atoms with van der Waals surface area (Å²) in [6.07, 6.45) is 6.18. The van der Waals surface area contributed by atoms with Gasteiger partial charge in [0, 0.05) is 55.9 Å². The number of methoxy groups -OCH3 is 1. The highest BCUT2D eigenvalue weighted by molar-refractivity contribution is 5.59. The standard InChI is InChI=1S/C22H26FN5O3/c1-14-11-28(13-15(14)12-27-5-3-17(29)4-6-27)21-20(23)10-24-22(26-21)25-16-7-18(30)9-19(8-16)31-2/h7-11,13,17,29-30H,3-6,12H2,1-2H3,(H,24,25,26). The molecule has 1 aliphatic rings. The van der Waals surface area contributed by atoms with Gasteiger partial charge in [0.05, 0.1) is 19.4 Å². The highest BCUT2D eigenvalue weighted by atomic mass is 19.1. The summed E-state index contributed by atoms with van der Waals surface area (Å²) in [6.45, 7) is 4.42. The first kappa shape index (κ1) is 21.1. The number of aliphatic hydroxyl groups is 1. The number of piperidine rings is 1.